The van der Waals surface area contributed by atoms with Crippen LogP contribution in [0.2, 0.25) is 0 Å². The van der Waals surface area contributed by atoms with Gasteiger partial charge in [-0.2, -0.15) is 0 Å². The molecule has 0 N–H and O–H groups in total. The molecule has 0 aliphatic carbocycles. The fourth-order valence-corrected chi connectivity index (χ4v) is 2.84. The lowest BCUT2D eigenvalue weighted by molar-refractivity contribution is 1.79. The predicted molar refractivity (Wildman–Crippen MR) is 52.4 cm³/mol. The molecule has 0 aliphatic rings. The van der Waals surface area contributed by atoms with Crippen molar-refractivity contribution in [2.24, 2.45) is 0 Å². The highest BCUT2D eigenvalue weighted by Crippen LogP contribution is 2.35. The molecular weight excluding hydrogens is 168 g/mol. The summed E-state index contributed by atoms with van der Waals surface area (Å²) < 4.78 is 0. The van der Waals surface area contributed by atoms with Gasteiger partial charge in [0.1, 0.15) is 0 Å². The van der Waals surface area contributed by atoms with Gasteiger partial charge in [-0.1, -0.05) is 33.7 Å². The SMILES string of the molecule is C/C=C/SSS/C=C/C. The Balaban J connectivity index is 2.91. The van der Waals surface area contributed by atoms with E-state index in [4.69, 9.17) is 0 Å². The molecular formula is C6H10S3. The minimum atomic E-state index is 1.74. The third kappa shape index (κ3) is 8.53. The summed E-state index contributed by atoms with van der Waals surface area (Å²) in [6.07, 6.45) is 4.07. The van der Waals surface area contributed by atoms with E-state index >= 15 is 0 Å². The van der Waals surface area contributed by atoms with E-state index in [-0.39, 0.29) is 0 Å². The molecule has 0 aliphatic heterocycles. The first-order valence-corrected chi connectivity index (χ1v) is 6.24. The summed E-state index contributed by atoms with van der Waals surface area (Å²) in [5, 5.41) is 4.14. The Kier molecular flexibility index (Phi) is 9.03. The van der Waals surface area contributed by atoms with Crippen molar-refractivity contribution in [1.82, 2.24) is 0 Å². The molecule has 0 rings (SSSR count). The Labute approximate surface area is 68.4 Å². The third-order valence-corrected chi connectivity index (χ3v) is 3.94. The maximum Gasteiger partial charge on any atom is -0.0158 e. The maximum absolute atomic E-state index is 2.07. The van der Waals surface area contributed by atoms with Crippen molar-refractivity contribution < 1.29 is 0 Å². The molecule has 0 radical (unpaired) electrons. The molecule has 0 heterocycles. The van der Waals surface area contributed by atoms with E-state index in [1.54, 1.807) is 31.4 Å². The Morgan fingerprint density at radius 2 is 1.33 bits per heavy atom. The lowest BCUT2D eigenvalue weighted by Gasteiger charge is -1.85. The normalized spacial score (nSPS) is 11.8. The standard InChI is InChI=1S/C6H10S3/c1-3-5-7-9-8-6-4-2/h3-6H,1-2H3/b5-3+,6-4+. The Bertz CT molecular complexity index is 84.5. The maximum atomic E-state index is 2.07. The van der Waals surface area contributed by atoms with Crippen LogP contribution in [-0.4, -0.2) is 0 Å². The van der Waals surface area contributed by atoms with E-state index in [2.05, 4.69) is 10.8 Å². The van der Waals surface area contributed by atoms with E-state index in [1.807, 2.05) is 26.0 Å². The van der Waals surface area contributed by atoms with Gasteiger partial charge in [0.2, 0.25) is 0 Å². The summed E-state index contributed by atoms with van der Waals surface area (Å²) in [5.41, 5.74) is 0. The van der Waals surface area contributed by atoms with Gasteiger partial charge in [0, 0.05) is 0 Å². The van der Waals surface area contributed by atoms with Gasteiger partial charge < -0.3 is 0 Å². The van der Waals surface area contributed by atoms with Crippen molar-refractivity contribution >= 4 is 31.4 Å². The zero-order chi connectivity index (χ0) is 6.95. The fourth-order valence-electron chi connectivity index (χ4n) is 0.179. The van der Waals surface area contributed by atoms with Crippen molar-refractivity contribution in [3.8, 4) is 0 Å². The van der Waals surface area contributed by atoms with Crippen molar-refractivity contribution in [2.45, 2.75) is 13.8 Å². The lowest BCUT2D eigenvalue weighted by atomic mass is 10.8. The zero-order valence-corrected chi connectivity index (χ0v) is 7.98. The van der Waals surface area contributed by atoms with E-state index in [1.165, 1.54) is 0 Å². The highest BCUT2D eigenvalue weighted by atomic mass is 33.5. The first kappa shape index (κ1) is 9.53. The number of hydrogen-bond donors (Lipinski definition) is 0. The molecule has 0 aromatic carbocycles. The molecule has 3 heteroatoms. The van der Waals surface area contributed by atoms with Gasteiger partial charge in [-0.25, -0.2) is 0 Å². The highest BCUT2D eigenvalue weighted by molar-refractivity contribution is 9.10. The van der Waals surface area contributed by atoms with Gasteiger partial charge >= 0.3 is 0 Å². The van der Waals surface area contributed by atoms with E-state index < -0.39 is 0 Å². The number of rotatable bonds is 4. The van der Waals surface area contributed by atoms with Gasteiger partial charge in [-0.15, -0.1) is 0 Å². The molecule has 52 valence electrons. The first-order chi connectivity index (χ1) is 4.41. The summed E-state index contributed by atoms with van der Waals surface area (Å²) in [6.45, 7) is 4.04. The van der Waals surface area contributed by atoms with Crippen LogP contribution in [0.15, 0.2) is 23.0 Å². The van der Waals surface area contributed by atoms with Crippen LogP contribution in [0, 0.1) is 0 Å². The molecule has 0 saturated carbocycles. The fraction of sp³-hybridized carbons (Fsp3) is 0.333. The molecule has 0 spiro atoms. The third-order valence-electron chi connectivity index (χ3n) is 0.462. The van der Waals surface area contributed by atoms with Gasteiger partial charge in [0.25, 0.3) is 0 Å². The number of allylic oxidation sites excluding steroid dienone is 2. The average molecular weight is 178 g/mol. The Morgan fingerprint density at radius 3 is 1.67 bits per heavy atom. The Morgan fingerprint density at radius 1 is 0.889 bits per heavy atom. The highest BCUT2D eigenvalue weighted by Gasteiger charge is 1.78. The minimum absolute atomic E-state index is 1.74. The summed E-state index contributed by atoms with van der Waals surface area (Å²) in [4.78, 5) is 0. The second-order valence-electron chi connectivity index (χ2n) is 1.20. The zero-order valence-electron chi connectivity index (χ0n) is 5.53. The van der Waals surface area contributed by atoms with Crippen LogP contribution in [0.1, 0.15) is 13.8 Å². The van der Waals surface area contributed by atoms with Crippen LogP contribution >= 0.6 is 31.4 Å². The topological polar surface area (TPSA) is 0 Å². The molecule has 9 heavy (non-hydrogen) atoms. The largest absolute Gasteiger partial charge is 0.0804 e. The molecule has 0 nitrogen and oxygen atoms in total. The Hall–Kier alpha value is 0.530. The minimum Gasteiger partial charge on any atom is -0.0804 e. The van der Waals surface area contributed by atoms with Crippen molar-refractivity contribution in [1.29, 1.82) is 0 Å². The molecule has 0 fully saturated rings. The van der Waals surface area contributed by atoms with E-state index in [9.17, 15) is 0 Å². The second kappa shape index (κ2) is 8.53. The summed E-state index contributed by atoms with van der Waals surface area (Å²) in [6, 6.07) is 0. The summed E-state index contributed by atoms with van der Waals surface area (Å²) >= 11 is 0. The average Bonchev–Trinajstić information content (AvgIpc) is 1.89. The second-order valence-corrected chi connectivity index (χ2v) is 5.05. The number of hydrogen-bond acceptors (Lipinski definition) is 3. The van der Waals surface area contributed by atoms with E-state index in [0.717, 1.165) is 0 Å². The van der Waals surface area contributed by atoms with Crippen molar-refractivity contribution in [3.63, 3.8) is 0 Å². The molecule has 0 unspecified atom stereocenters. The lowest BCUT2D eigenvalue weighted by Crippen LogP contribution is -1.38. The van der Waals surface area contributed by atoms with Crippen LogP contribution in [-0.2, 0) is 0 Å². The van der Waals surface area contributed by atoms with Crippen LogP contribution in [0.5, 0.6) is 0 Å². The van der Waals surface area contributed by atoms with Gasteiger partial charge in [0.05, 0.1) is 0 Å². The molecule has 0 saturated heterocycles. The van der Waals surface area contributed by atoms with Gasteiger partial charge in [-0.3, -0.25) is 0 Å². The van der Waals surface area contributed by atoms with Crippen LogP contribution in [0.4, 0.5) is 0 Å². The predicted octanol–water partition coefficient (Wildman–Crippen LogP) is 4.08. The molecule has 0 bridgehead atoms. The van der Waals surface area contributed by atoms with E-state index in [0.29, 0.717) is 0 Å². The summed E-state index contributed by atoms with van der Waals surface area (Å²) in [5.74, 6) is 0. The van der Waals surface area contributed by atoms with Crippen LogP contribution in [0.3, 0.4) is 0 Å². The van der Waals surface area contributed by atoms with Crippen molar-refractivity contribution in [2.75, 3.05) is 0 Å². The molecule has 0 atom stereocenters. The van der Waals surface area contributed by atoms with Gasteiger partial charge in [0.15, 0.2) is 0 Å². The molecule has 0 amide bonds. The van der Waals surface area contributed by atoms with Crippen LogP contribution < -0.4 is 0 Å². The molecule has 0 aromatic rings. The first-order valence-electron chi connectivity index (χ1n) is 2.63. The van der Waals surface area contributed by atoms with Crippen LogP contribution in [0.25, 0.3) is 0 Å². The molecule has 0 aromatic heterocycles. The quantitative estimate of drug-likeness (QED) is 0.470. The summed E-state index contributed by atoms with van der Waals surface area (Å²) in [7, 11) is 5.24. The van der Waals surface area contributed by atoms with Crippen molar-refractivity contribution in [3.05, 3.63) is 23.0 Å². The van der Waals surface area contributed by atoms with Gasteiger partial charge in [-0.05, 0) is 34.5 Å². The monoisotopic (exact) mass is 178 g/mol. The smallest absolute Gasteiger partial charge is 0.0158 e.